The number of aromatic amines is 1. The van der Waals surface area contributed by atoms with Gasteiger partial charge in [0.2, 0.25) is 4.77 Å². The Hall–Kier alpha value is -3.45. The van der Waals surface area contributed by atoms with Crippen LogP contribution in [0.15, 0.2) is 65.8 Å². The Morgan fingerprint density at radius 2 is 1.90 bits per heavy atom. The van der Waals surface area contributed by atoms with E-state index in [9.17, 15) is 5.11 Å². The van der Waals surface area contributed by atoms with Crippen LogP contribution in [0.5, 0.6) is 11.5 Å². The van der Waals surface area contributed by atoms with Crippen molar-refractivity contribution in [1.29, 1.82) is 0 Å². The lowest BCUT2D eigenvalue weighted by atomic mass is 9.97. The van der Waals surface area contributed by atoms with Crippen LogP contribution in [0.4, 0.5) is 0 Å². The summed E-state index contributed by atoms with van der Waals surface area (Å²) in [5, 5.41) is 23.8. The minimum Gasteiger partial charge on any atom is -0.507 e. The summed E-state index contributed by atoms with van der Waals surface area (Å²) in [7, 11) is 1.66. The van der Waals surface area contributed by atoms with Gasteiger partial charge in [0.1, 0.15) is 11.5 Å². The minimum absolute atomic E-state index is 0.0454. The van der Waals surface area contributed by atoms with E-state index in [2.05, 4.69) is 40.4 Å². The Morgan fingerprint density at radius 1 is 1.14 bits per heavy atom. The molecule has 0 spiro atoms. The van der Waals surface area contributed by atoms with E-state index in [1.807, 2.05) is 24.3 Å². The van der Waals surface area contributed by atoms with Crippen LogP contribution in [-0.4, -0.2) is 33.3 Å². The van der Waals surface area contributed by atoms with Crippen molar-refractivity contribution in [3.8, 4) is 11.5 Å². The number of benzene rings is 3. The highest BCUT2D eigenvalue weighted by atomic mass is 32.1. The summed E-state index contributed by atoms with van der Waals surface area (Å²) in [6, 6.07) is 19.3. The van der Waals surface area contributed by atoms with Crippen molar-refractivity contribution in [3.63, 3.8) is 0 Å². The van der Waals surface area contributed by atoms with Crippen molar-refractivity contribution in [2.24, 2.45) is 5.10 Å². The van der Waals surface area contributed by atoms with Crippen LogP contribution in [0.1, 0.15) is 29.8 Å². The molecule has 3 aromatic carbocycles. The fourth-order valence-corrected chi connectivity index (χ4v) is 3.39. The van der Waals surface area contributed by atoms with Gasteiger partial charge in [-0.05, 0) is 52.8 Å². The maximum absolute atomic E-state index is 9.94. The molecule has 1 atom stereocenters. The Bertz CT molecular complexity index is 1260. The standard InChI is InChI=1S/C22H20N4O2S/c1-14(15-7-8-17-12-19(28-2)10-9-16(17)11-15)21-24-25-22(29)26(21)23-13-18-5-3-4-6-20(18)27/h3-14,27H,1-2H3,(H,25,29)/b23-13+. The predicted octanol–water partition coefficient (Wildman–Crippen LogP) is 4.84. The highest BCUT2D eigenvalue weighted by Crippen LogP contribution is 2.28. The van der Waals surface area contributed by atoms with Crippen molar-refractivity contribution in [1.82, 2.24) is 14.9 Å². The van der Waals surface area contributed by atoms with Gasteiger partial charge in [-0.3, -0.25) is 5.10 Å². The van der Waals surface area contributed by atoms with Gasteiger partial charge in [0.15, 0.2) is 5.82 Å². The topological polar surface area (TPSA) is 75.4 Å². The number of nitrogens with one attached hydrogen (secondary N) is 1. The zero-order valence-corrected chi connectivity index (χ0v) is 16.9. The summed E-state index contributed by atoms with van der Waals surface area (Å²) in [4.78, 5) is 0. The third kappa shape index (κ3) is 3.77. The van der Waals surface area contributed by atoms with Crippen LogP contribution < -0.4 is 4.74 Å². The Morgan fingerprint density at radius 3 is 2.69 bits per heavy atom. The van der Waals surface area contributed by atoms with Gasteiger partial charge in [-0.1, -0.05) is 43.3 Å². The van der Waals surface area contributed by atoms with Crippen LogP contribution in [0.3, 0.4) is 0 Å². The number of hydrogen-bond donors (Lipinski definition) is 2. The zero-order valence-electron chi connectivity index (χ0n) is 16.0. The van der Waals surface area contributed by atoms with Crippen molar-refractivity contribution in [2.45, 2.75) is 12.8 Å². The molecule has 0 saturated heterocycles. The molecule has 0 radical (unpaired) electrons. The molecule has 146 valence electrons. The number of nitrogens with zero attached hydrogens (tertiary/aromatic N) is 3. The molecule has 1 heterocycles. The molecule has 0 saturated carbocycles. The van der Waals surface area contributed by atoms with Crippen LogP contribution in [0.2, 0.25) is 0 Å². The molecule has 7 heteroatoms. The van der Waals surface area contributed by atoms with E-state index in [4.69, 9.17) is 17.0 Å². The first-order valence-corrected chi connectivity index (χ1v) is 9.55. The smallest absolute Gasteiger partial charge is 0.216 e. The molecule has 1 unspecified atom stereocenters. The van der Waals surface area contributed by atoms with Crippen molar-refractivity contribution in [3.05, 3.63) is 82.4 Å². The Balaban J connectivity index is 1.69. The molecular formula is C22H20N4O2S. The third-order valence-corrected chi connectivity index (χ3v) is 5.15. The third-order valence-electron chi connectivity index (χ3n) is 4.88. The predicted molar refractivity (Wildman–Crippen MR) is 117 cm³/mol. The van der Waals surface area contributed by atoms with Gasteiger partial charge >= 0.3 is 0 Å². The fraction of sp³-hybridized carbons (Fsp3) is 0.136. The van der Waals surface area contributed by atoms with Crippen LogP contribution in [0.25, 0.3) is 10.8 Å². The van der Waals surface area contributed by atoms with E-state index in [1.165, 1.54) is 0 Å². The molecule has 0 aliphatic rings. The number of H-pyrrole nitrogens is 1. The van der Waals surface area contributed by atoms with E-state index >= 15 is 0 Å². The number of phenolic OH excluding ortho intramolecular Hbond substituents is 1. The maximum Gasteiger partial charge on any atom is 0.216 e. The molecule has 29 heavy (non-hydrogen) atoms. The molecule has 2 N–H and O–H groups in total. The van der Waals surface area contributed by atoms with E-state index in [1.54, 1.807) is 36.2 Å². The van der Waals surface area contributed by atoms with Gasteiger partial charge in [-0.2, -0.15) is 14.9 Å². The lowest BCUT2D eigenvalue weighted by molar-refractivity contribution is 0.415. The monoisotopic (exact) mass is 404 g/mol. The summed E-state index contributed by atoms with van der Waals surface area (Å²) in [5.74, 6) is 1.63. The summed E-state index contributed by atoms with van der Waals surface area (Å²) in [6.07, 6.45) is 1.57. The van der Waals surface area contributed by atoms with Gasteiger partial charge < -0.3 is 9.84 Å². The first-order valence-electron chi connectivity index (χ1n) is 9.14. The minimum atomic E-state index is -0.0454. The Labute approximate surface area is 173 Å². The second kappa shape index (κ2) is 7.89. The fourth-order valence-electron chi connectivity index (χ4n) is 3.20. The largest absolute Gasteiger partial charge is 0.507 e. The van der Waals surface area contributed by atoms with E-state index in [0.717, 1.165) is 22.1 Å². The molecule has 6 nitrogen and oxygen atoms in total. The highest BCUT2D eigenvalue weighted by molar-refractivity contribution is 7.71. The number of methoxy groups -OCH3 is 1. The number of aromatic nitrogens is 3. The number of fused-ring (bicyclic) bond motifs is 1. The number of para-hydroxylation sites is 1. The molecule has 0 fully saturated rings. The van der Waals surface area contributed by atoms with Gasteiger partial charge in [0.05, 0.1) is 13.3 Å². The van der Waals surface area contributed by atoms with Crippen molar-refractivity contribution >= 4 is 29.2 Å². The highest BCUT2D eigenvalue weighted by Gasteiger charge is 2.17. The van der Waals surface area contributed by atoms with Crippen LogP contribution in [0, 0.1) is 4.77 Å². The van der Waals surface area contributed by atoms with Crippen molar-refractivity contribution in [2.75, 3.05) is 7.11 Å². The van der Waals surface area contributed by atoms with Gasteiger partial charge in [-0.15, -0.1) is 0 Å². The quantitative estimate of drug-likeness (QED) is 0.369. The SMILES string of the molecule is COc1ccc2cc(C(C)c3n[nH]c(=S)n3/N=C/c3ccccc3O)ccc2c1. The number of aromatic hydroxyl groups is 1. The van der Waals surface area contributed by atoms with Crippen LogP contribution in [-0.2, 0) is 0 Å². The number of rotatable bonds is 5. The number of phenols is 1. The summed E-state index contributed by atoms with van der Waals surface area (Å²) < 4.78 is 7.28. The summed E-state index contributed by atoms with van der Waals surface area (Å²) in [6.45, 7) is 2.06. The molecule has 0 amide bonds. The molecule has 0 bridgehead atoms. The van der Waals surface area contributed by atoms with E-state index < -0.39 is 0 Å². The lowest BCUT2D eigenvalue weighted by Gasteiger charge is -2.12. The zero-order chi connectivity index (χ0) is 20.4. The van der Waals surface area contributed by atoms with Crippen LogP contribution >= 0.6 is 12.2 Å². The van der Waals surface area contributed by atoms with Crippen molar-refractivity contribution < 1.29 is 9.84 Å². The summed E-state index contributed by atoms with van der Waals surface area (Å²) >= 11 is 5.35. The maximum atomic E-state index is 9.94. The normalized spacial score (nSPS) is 12.5. The first kappa shape index (κ1) is 18.9. The first-order chi connectivity index (χ1) is 14.1. The second-order valence-electron chi connectivity index (χ2n) is 6.70. The Kier molecular flexibility index (Phi) is 5.14. The van der Waals surface area contributed by atoms with E-state index in [0.29, 0.717) is 16.2 Å². The average Bonchev–Trinajstić information content (AvgIpc) is 3.12. The lowest BCUT2D eigenvalue weighted by Crippen LogP contribution is -2.05. The van der Waals surface area contributed by atoms with Gasteiger partial charge in [-0.25, -0.2) is 0 Å². The molecule has 1 aromatic heterocycles. The number of ether oxygens (including phenoxy) is 1. The average molecular weight is 404 g/mol. The van der Waals surface area contributed by atoms with E-state index in [-0.39, 0.29) is 11.7 Å². The number of hydrogen-bond acceptors (Lipinski definition) is 5. The molecular weight excluding hydrogens is 384 g/mol. The molecule has 4 aromatic rings. The summed E-state index contributed by atoms with van der Waals surface area (Å²) in [5.41, 5.74) is 1.70. The molecule has 0 aliphatic carbocycles. The van der Waals surface area contributed by atoms with Gasteiger partial charge in [0.25, 0.3) is 0 Å². The second-order valence-corrected chi connectivity index (χ2v) is 7.08. The van der Waals surface area contributed by atoms with Gasteiger partial charge in [0, 0.05) is 11.5 Å². The molecule has 0 aliphatic heterocycles. The molecule has 4 rings (SSSR count).